The fourth-order valence-electron chi connectivity index (χ4n) is 1.81. The van der Waals surface area contributed by atoms with Crippen LogP contribution >= 0.6 is 11.8 Å². The molecule has 3 atom stereocenters. The van der Waals surface area contributed by atoms with E-state index in [4.69, 9.17) is 16.6 Å². The van der Waals surface area contributed by atoms with E-state index in [0.29, 0.717) is 32.2 Å². The van der Waals surface area contributed by atoms with Crippen LogP contribution in [0.2, 0.25) is 0 Å². The number of hydrogen-bond donors (Lipinski definition) is 5. The van der Waals surface area contributed by atoms with E-state index in [1.54, 1.807) is 11.8 Å². The van der Waals surface area contributed by atoms with Gasteiger partial charge in [-0.3, -0.25) is 9.59 Å². The predicted octanol–water partition coefficient (Wildman–Crippen LogP) is -0.730. The van der Waals surface area contributed by atoms with Crippen molar-refractivity contribution in [3.05, 3.63) is 0 Å². The summed E-state index contributed by atoms with van der Waals surface area (Å²) in [5.74, 6) is -1.32. The highest BCUT2D eigenvalue weighted by atomic mass is 32.2. The van der Waals surface area contributed by atoms with Crippen LogP contribution in [0, 0.1) is 0 Å². The molecule has 0 aromatic heterocycles. The number of unbranched alkanes of at least 4 members (excludes halogenated alkanes) is 1. The first-order valence-corrected chi connectivity index (χ1v) is 9.01. The number of hydrogen-bond acceptors (Lipinski definition) is 6. The Balaban J connectivity index is 4.39. The number of carboxylic acids is 1. The number of carbonyl (C=O) groups excluding carboxylic acids is 2. The zero-order valence-electron chi connectivity index (χ0n) is 13.7. The first kappa shape index (κ1) is 21.7. The average Bonchev–Trinajstić information content (AvgIpc) is 2.51. The third kappa shape index (κ3) is 9.42. The normalized spacial score (nSPS) is 14.6. The first-order chi connectivity index (χ1) is 10.8. The molecule has 0 aromatic rings. The van der Waals surface area contributed by atoms with Crippen LogP contribution in [0.3, 0.4) is 0 Å². The van der Waals surface area contributed by atoms with Crippen molar-refractivity contribution < 1.29 is 19.5 Å². The Hall–Kier alpha value is -1.32. The van der Waals surface area contributed by atoms with Gasteiger partial charge in [0.2, 0.25) is 11.8 Å². The summed E-state index contributed by atoms with van der Waals surface area (Å²) in [4.78, 5) is 35.0. The van der Waals surface area contributed by atoms with Crippen LogP contribution in [0.1, 0.15) is 32.6 Å². The van der Waals surface area contributed by atoms with Crippen LogP contribution in [-0.2, 0) is 14.4 Å². The van der Waals surface area contributed by atoms with Crippen molar-refractivity contribution in [2.24, 2.45) is 11.5 Å². The molecule has 23 heavy (non-hydrogen) atoms. The highest BCUT2D eigenvalue weighted by Gasteiger charge is 2.24. The number of thioether (sulfide) groups is 1. The summed E-state index contributed by atoms with van der Waals surface area (Å²) in [5, 5.41) is 14.0. The summed E-state index contributed by atoms with van der Waals surface area (Å²) in [5.41, 5.74) is 11.1. The molecule has 9 heteroatoms. The number of nitrogens with two attached hydrogens (primary N) is 2. The van der Waals surface area contributed by atoms with Crippen LogP contribution in [0.15, 0.2) is 0 Å². The van der Waals surface area contributed by atoms with Crippen LogP contribution < -0.4 is 22.1 Å². The molecule has 8 nitrogen and oxygen atoms in total. The van der Waals surface area contributed by atoms with Crippen LogP contribution in [0.4, 0.5) is 0 Å². The fraction of sp³-hybridized carbons (Fsp3) is 0.786. The number of carbonyl (C=O) groups is 3. The molecule has 0 bridgehead atoms. The second-order valence-corrected chi connectivity index (χ2v) is 6.29. The molecule has 0 aliphatic heterocycles. The molecule has 0 radical (unpaired) electrons. The minimum Gasteiger partial charge on any atom is -0.480 e. The predicted molar refractivity (Wildman–Crippen MR) is 91.1 cm³/mol. The molecule has 0 aliphatic carbocycles. The molecule has 0 saturated carbocycles. The van der Waals surface area contributed by atoms with E-state index >= 15 is 0 Å². The van der Waals surface area contributed by atoms with E-state index in [0.717, 1.165) is 5.75 Å². The Morgan fingerprint density at radius 3 is 2.30 bits per heavy atom. The van der Waals surface area contributed by atoms with Gasteiger partial charge in [-0.1, -0.05) is 0 Å². The number of rotatable bonds is 12. The number of amides is 2. The molecule has 134 valence electrons. The van der Waals surface area contributed by atoms with Gasteiger partial charge in [0.1, 0.15) is 12.1 Å². The summed E-state index contributed by atoms with van der Waals surface area (Å²) in [7, 11) is 0. The fourth-order valence-corrected chi connectivity index (χ4v) is 2.30. The van der Waals surface area contributed by atoms with Crippen molar-refractivity contribution in [3.63, 3.8) is 0 Å². The summed E-state index contributed by atoms with van der Waals surface area (Å²) in [6.45, 7) is 1.97. The van der Waals surface area contributed by atoms with Crippen LogP contribution in [-0.4, -0.2) is 59.6 Å². The van der Waals surface area contributed by atoms with Gasteiger partial charge in [0, 0.05) is 0 Å². The molecule has 7 N–H and O–H groups in total. The lowest BCUT2D eigenvalue weighted by Crippen LogP contribution is -2.53. The van der Waals surface area contributed by atoms with E-state index in [2.05, 4.69) is 10.6 Å². The topological polar surface area (TPSA) is 148 Å². The largest absolute Gasteiger partial charge is 0.480 e. The summed E-state index contributed by atoms with van der Waals surface area (Å²) < 4.78 is 0. The second-order valence-electron chi connectivity index (χ2n) is 5.30. The third-order valence-corrected chi connectivity index (χ3v) is 3.93. The maximum Gasteiger partial charge on any atom is 0.326 e. The molecule has 3 unspecified atom stereocenters. The van der Waals surface area contributed by atoms with Crippen LogP contribution in [0.25, 0.3) is 0 Å². The minimum absolute atomic E-state index is 0.298. The van der Waals surface area contributed by atoms with Gasteiger partial charge in [0.05, 0.1) is 6.04 Å². The van der Waals surface area contributed by atoms with Crippen LogP contribution in [0.5, 0.6) is 0 Å². The van der Waals surface area contributed by atoms with E-state index in [-0.39, 0.29) is 0 Å². The summed E-state index contributed by atoms with van der Waals surface area (Å²) >= 11 is 1.58. The quantitative estimate of drug-likeness (QED) is 0.292. The summed E-state index contributed by atoms with van der Waals surface area (Å²) in [6.07, 6.45) is 4.02. The van der Waals surface area contributed by atoms with Crippen molar-refractivity contribution >= 4 is 29.5 Å². The van der Waals surface area contributed by atoms with Gasteiger partial charge in [-0.15, -0.1) is 0 Å². The van der Waals surface area contributed by atoms with Gasteiger partial charge in [0.25, 0.3) is 0 Å². The van der Waals surface area contributed by atoms with Gasteiger partial charge in [-0.05, 0) is 51.2 Å². The van der Waals surface area contributed by atoms with Crippen molar-refractivity contribution in [1.82, 2.24) is 10.6 Å². The Bertz CT molecular complexity index is 395. The van der Waals surface area contributed by atoms with Gasteiger partial charge >= 0.3 is 5.97 Å². The second kappa shape index (κ2) is 12.1. The summed E-state index contributed by atoms with van der Waals surface area (Å²) in [6, 6.07) is -2.52. The molecular weight excluding hydrogens is 320 g/mol. The van der Waals surface area contributed by atoms with Gasteiger partial charge in [-0.2, -0.15) is 11.8 Å². The zero-order chi connectivity index (χ0) is 17.8. The Labute approximate surface area is 141 Å². The van der Waals surface area contributed by atoms with Crippen molar-refractivity contribution in [2.75, 3.05) is 18.6 Å². The Morgan fingerprint density at radius 1 is 1.13 bits per heavy atom. The van der Waals surface area contributed by atoms with E-state index in [1.165, 1.54) is 6.92 Å². The standard InChI is InChI=1S/C14H28N4O4S/c1-9(17-13(20)10(16)6-8-23-2)12(19)18-11(14(21)22)5-3-4-7-15/h9-11H,3-8,15-16H2,1-2H3,(H,17,20)(H,18,19)(H,21,22). The molecule has 0 fully saturated rings. The molecule has 0 aromatic carbocycles. The molecule has 2 amide bonds. The maximum atomic E-state index is 12.0. The van der Waals surface area contributed by atoms with Gasteiger partial charge in [0.15, 0.2) is 0 Å². The SMILES string of the molecule is CSCCC(N)C(=O)NC(C)C(=O)NC(CCCCN)C(=O)O. The zero-order valence-corrected chi connectivity index (χ0v) is 14.5. The number of nitrogens with one attached hydrogen (secondary N) is 2. The Morgan fingerprint density at radius 2 is 1.78 bits per heavy atom. The lowest BCUT2D eigenvalue weighted by molar-refractivity contribution is -0.142. The molecule has 0 aliphatic rings. The molecular formula is C14H28N4O4S. The maximum absolute atomic E-state index is 12.0. The third-order valence-electron chi connectivity index (χ3n) is 3.28. The van der Waals surface area contributed by atoms with E-state index in [9.17, 15) is 14.4 Å². The van der Waals surface area contributed by atoms with Crippen molar-refractivity contribution in [3.8, 4) is 0 Å². The number of carboxylic acid groups (broad SMARTS) is 1. The molecule has 0 spiro atoms. The Kier molecular flexibility index (Phi) is 11.4. The molecule has 0 heterocycles. The highest BCUT2D eigenvalue weighted by Crippen LogP contribution is 2.02. The van der Waals surface area contributed by atoms with Crippen molar-refractivity contribution in [2.45, 2.75) is 50.7 Å². The average molecular weight is 348 g/mol. The monoisotopic (exact) mass is 348 g/mol. The van der Waals surface area contributed by atoms with Gasteiger partial charge < -0.3 is 27.2 Å². The van der Waals surface area contributed by atoms with Gasteiger partial charge in [-0.25, -0.2) is 4.79 Å². The lowest BCUT2D eigenvalue weighted by Gasteiger charge is -2.20. The number of aliphatic carboxylic acids is 1. The smallest absolute Gasteiger partial charge is 0.326 e. The molecule has 0 saturated heterocycles. The lowest BCUT2D eigenvalue weighted by atomic mass is 10.1. The van der Waals surface area contributed by atoms with E-state index in [1.807, 2.05) is 6.26 Å². The molecule has 0 rings (SSSR count). The van der Waals surface area contributed by atoms with E-state index < -0.39 is 35.9 Å². The first-order valence-electron chi connectivity index (χ1n) is 7.61. The van der Waals surface area contributed by atoms with Crippen molar-refractivity contribution in [1.29, 1.82) is 0 Å². The minimum atomic E-state index is -1.11. The highest BCUT2D eigenvalue weighted by molar-refractivity contribution is 7.98.